The Hall–Kier alpha value is -0.240. The summed E-state index contributed by atoms with van der Waals surface area (Å²) in [7, 11) is 1.65. The molecule has 4 aliphatic carbocycles. The van der Waals surface area contributed by atoms with Crippen molar-refractivity contribution in [3.8, 4) is 0 Å². The van der Waals surface area contributed by atoms with Crippen LogP contribution in [0.2, 0.25) is 0 Å². The van der Waals surface area contributed by atoms with Crippen molar-refractivity contribution >= 4 is 23.5 Å². The highest BCUT2D eigenvalue weighted by molar-refractivity contribution is 8.18. The summed E-state index contributed by atoms with van der Waals surface area (Å²) in [5, 5.41) is 22.3. The molecule has 0 unspecified atom stereocenters. The molecule has 35 heavy (non-hydrogen) atoms. The Morgan fingerprint density at radius 2 is 2.03 bits per heavy atom. The average Bonchev–Trinajstić information content (AvgIpc) is 3.44. The van der Waals surface area contributed by atoms with Crippen LogP contribution >= 0.6 is 23.5 Å². The minimum absolute atomic E-state index is 0.0345. The molecule has 0 amide bonds. The number of methoxy groups -OCH3 is 1. The van der Waals surface area contributed by atoms with E-state index >= 15 is 0 Å². The van der Waals surface area contributed by atoms with Crippen LogP contribution in [0.15, 0.2) is 36.0 Å². The van der Waals surface area contributed by atoms with Gasteiger partial charge >= 0.3 is 0 Å². The summed E-state index contributed by atoms with van der Waals surface area (Å²) in [5.41, 5.74) is 2.72. The second kappa shape index (κ2) is 11.2. The van der Waals surface area contributed by atoms with Crippen LogP contribution in [0.4, 0.5) is 0 Å². The van der Waals surface area contributed by atoms with Crippen LogP contribution in [0.5, 0.6) is 0 Å². The molecule has 0 radical (unpaired) electrons. The summed E-state index contributed by atoms with van der Waals surface area (Å²) in [6, 6.07) is 0. The Kier molecular flexibility index (Phi) is 8.93. The Morgan fingerprint density at radius 1 is 1.29 bits per heavy atom. The molecule has 0 spiro atoms. The van der Waals surface area contributed by atoms with Crippen molar-refractivity contribution in [1.29, 1.82) is 0 Å². The van der Waals surface area contributed by atoms with Crippen LogP contribution in [0, 0.1) is 29.1 Å². The third kappa shape index (κ3) is 5.22. The van der Waals surface area contributed by atoms with Gasteiger partial charge in [0.15, 0.2) is 0 Å². The molecule has 4 saturated carbocycles. The molecule has 5 fully saturated rings. The van der Waals surface area contributed by atoms with E-state index in [9.17, 15) is 10.2 Å². The summed E-state index contributed by atoms with van der Waals surface area (Å²) in [4.78, 5) is 0. The first-order valence-corrected chi connectivity index (χ1v) is 15.4. The van der Waals surface area contributed by atoms with Gasteiger partial charge in [0.05, 0.1) is 16.3 Å². The number of rotatable bonds is 14. The normalized spacial score (nSPS) is 36.3. The Morgan fingerprint density at radius 3 is 2.66 bits per heavy atom. The molecular weight excluding hydrogens is 476 g/mol. The molecule has 2 N–H and O–H groups in total. The van der Waals surface area contributed by atoms with Gasteiger partial charge in [0.2, 0.25) is 0 Å². The first kappa shape index (κ1) is 27.8. The van der Waals surface area contributed by atoms with Crippen molar-refractivity contribution in [3.05, 3.63) is 36.0 Å². The maximum Gasteiger partial charge on any atom is 0.146 e. The fourth-order valence-electron chi connectivity index (χ4n) is 7.51. The second-order valence-electron chi connectivity index (χ2n) is 11.6. The van der Waals surface area contributed by atoms with E-state index in [1.54, 1.807) is 7.11 Å². The molecule has 1 aliphatic heterocycles. The van der Waals surface area contributed by atoms with E-state index in [2.05, 4.69) is 56.6 Å². The van der Waals surface area contributed by atoms with Crippen LogP contribution < -0.4 is 0 Å². The van der Waals surface area contributed by atoms with Crippen LogP contribution in [0.25, 0.3) is 0 Å². The average molecular weight is 523 g/mol. The third-order valence-electron chi connectivity index (χ3n) is 9.38. The molecule has 6 atom stereocenters. The monoisotopic (exact) mass is 522 g/mol. The predicted molar refractivity (Wildman–Crippen MR) is 149 cm³/mol. The number of allylic oxidation sites excluding steroid dienone is 1. The number of aliphatic hydroxyl groups is 2. The van der Waals surface area contributed by atoms with Crippen molar-refractivity contribution in [1.82, 2.24) is 0 Å². The van der Waals surface area contributed by atoms with Gasteiger partial charge in [0, 0.05) is 31.5 Å². The molecular formula is C29H46O4S2. The molecule has 0 aromatic heterocycles. The number of hydrogen-bond donors (Lipinski definition) is 2. The smallest absolute Gasteiger partial charge is 0.146 e. The minimum atomic E-state index is -0.860. The Bertz CT molecular complexity index is 819. The molecule has 0 aromatic rings. The lowest BCUT2D eigenvalue weighted by Gasteiger charge is -2.45. The van der Waals surface area contributed by atoms with Crippen molar-refractivity contribution in [2.75, 3.05) is 38.6 Å². The molecule has 1 saturated heterocycles. The number of ether oxygens (including phenoxy) is 2. The highest BCUT2D eigenvalue weighted by Crippen LogP contribution is 2.81. The molecule has 6 heteroatoms. The standard InChI is InChI=1S/C29H46O4S2/c1-20(18-33-19-32-5)9-6-12-28(34-15-8-16-35-28)13-7-10-23(17-30)22(3)29(31)24-11-14-27(4)25(21(24)2)26(27)29/h9,23-26,30-31H,2-3,6-8,10-19H2,1,4-5H3/b20-9+/t23-,24+,25-,26+,27-,29+/m0/s1. The molecule has 4 bridgehead atoms. The fraction of sp³-hybridized carbons (Fsp3) is 0.793. The fourth-order valence-corrected chi connectivity index (χ4v) is 10.9. The van der Waals surface area contributed by atoms with Crippen LogP contribution in [0.1, 0.15) is 65.2 Å². The lowest BCUT2D eigenvalue weighted by molar-refractivity contribution is -0.0303. The zero-order valence-corrected chi connectivity index (χ0v) is 23.7. The van der Waals surface area contributed by atoms with Gasteiger partial charge in [-0.2, -0.15) is 0 Å². The molecule has 5 rings (SSSR count). The van der Waals surface area contributed by atoms with E-state index in [0.29, 0.717) is 19.3 Å². The van der Waals surface area contributed by atoms with E-state index < -0.39 is 5.60 Å². The highest BCUT2D eigenvalue weighted by Gasteiger charge is 2.80. The topological polar surface area (TPSA) is 58.9 Å². The minimum Gasteiger partial charge on any atom is -0.396 e. The summed E-state index contributed by atoms with van der Waals surface area (Å²) >= 11 is 4.26. The summed E-state index contributed by atoms with van der Waals surface area (Å²) in [5.74, 6) is 3.29. The van der Waals surface area contributed by atoms with Crippen molar-refractivity contribution < 1.29 is 19.7 Å². The van der Waals surface area contributed by atoms with E-state index in [-0.39, 0.29) is 33.9 Å². The molecule has 5 aliphatic rings. The SMILES string of the molecule is C=C1[C@H]2CC[C@]3(C)[C@@H]([C@H]13)[C@@]2(O)C(=C)[C@H](CO)CCCC1(CC/C=C(\C)COCOC)SCCCS1. The van der Waals surface area contributed by atoms with Gasteiger partial charge in [-0.15, -0.1) is 23.5 Å². The largest absolute Gasteiger partial charge is 0.396 e. The van der Waals surface area contributed by atoms with E-state index in [1.807, 2.05) is 0 Å². The summed E-state index contributed by atoms with van der Waals surface area (Å²) < 4.78 is 10.7. The van der Waals surface area contributed by atoms with Gasteiger partial charge in [0.1, 0.15) is 6.79 Å². The van der Waals surface area contributed by atoms with Crippen LogP contribution in [0.3, 0.4) is 0 Å². The van der Waals surface area contributed by atoms with E-state index in [0.717, 1.165) is 44.1 Å². The maximum atomic E-state index is 11.9. The molecule has 1 heterocycles. The number of thioether (sulfide) groups is 2. The molecule has 198 valence electrons. The quantitative estimate of drug-likeness (QED) is 0.161. The van der Waals surface area contributed by atoms with Crippen LogP contribution in [-0.4, -0.2) is 58.5 Å². The lowest BCUT2D eigenvalue weighted by atomic mass is 9.63. The van der Waals surface area contributed by atoms with Gasteiger partial charge in [-0.05, 0) is 80.3 Å². The zero-order valence-electron chi connectivity index (χ0n) is 22.0. The van der Waals surface area contributed by atoms with E-state index in [1.165, 1.54) is 35.5 Å². The van der Waals surface area contributed by atoms with E-state index in [4.69, 9.17) is 9.47 Å². The van der Waals surface area contributed by atoms with Crippen molar-refractivity contribution in [2.45, 2.75) is 74.9 Å². The molecule has 4 nitrogen and oxygen atoms in total. The number of hydrogen-bond acceptors (Lipinski definition) is 6. The van der Waals surface area contributed by atoms with Crippen molar-refractivity contribution in [3.63, 3.8) is 0 Å². The number of aliphatic hydroxyl groups excluding tert-OH is 1. The highest BCUT2D eigenvalue weighted by atomic mass is 32.2. The van der Waals surface area contributed by atoms with Gasteiger partial charge in [0.25, 0.3) is 0 Å². The third-order valence-corrected chi connectivity index (χ3v) is 12.9. The zero-order chi connectivity index (χ0) is 25.3. The number of fused-ring (bicyclic) bond motifs is 1. The second-order valence-corrected chi connectivity index (χ2v) is 14.8. The summed E-state index contributed by atoms with van der Waals surface area (Å²) in [6.07, 6.45) is 11.1. The first-order chi connectivity index (χ1) is 16.7. The predicted octanol–water partition coefficient (Wildman–Crippen LogP) is 6.20. The van der Waals surface area contributed by atoms with Gasteiger partial charge in [-0.25, -0.2) is 0 Å². The van der Waals surface area contributed by atoms with Crippen LogP contribution in [-0.2, 0) is 9.47 Å². The van der Waals surface area contributed by atoms with Gasteiger partial charge in [-0.3, -0.25) is 0 Å². The summed E-state index contributed by atoms with van der Waals surface area (Å²) in [6.45, 7) is 14.3. The molecule has 0 aromatic carbocycles. The van der Waals surface area contributed by atoms with Gasteiger partial charge in [-0.1, -0.05) is 43.7 Å². The Balaban J connectivity index is 1.32. The lowest BCUT2D eigenvalue weighted by Crippen LogP contribution is -2.47. The van der Waals surface area contributed by atoms with Crippen molar-refractivity contribution in [2.24, 2.45) is 29.1 Å². The maximum absolute atomic E-state index is 11.9. The van der Waals surface area contributed by atoms with Gasteiger partial charge < -0.3 is 19.7 Å². The first-order valence-electron chi connectivity index (χ1n) is 13.4. The Labute approximate surface area is 221 Å².